The van der Waals surface area contributed by atoms with Crippen LogP contribution in [0.5, 0.6) is 0 Å². The fraction of sp³-hybridized carbons (Fsp3) is 0.235. The molecule has 0 saturated heterocycles. The van der Waals surface area contributed by atoms with Crippen molar-refractivity contribution in [3.63, 3.8) is 0 Å². The number of carbonyl (C=O) groups is 2. The number of rotatable bonds is 4. The number of nitrogens with two attached hydrogens (primary N) is 1. The van der Waals surface area contributed by atoms with Gasteiger partial charge in [0.25, 0.3) is 17.5 Å². The van der Waals surface area contributed by atoms with Gasteiger partial charge in [-0.2, -0.15) is 5.10 Å². The second-order valence-corrected chi connectivity index (χ2v) is 5.88. The Balaban J connectivity index is 1.82. The summed E-state index contributed by atoms with van der Waals surface area (Å²) >= 11 is 0. The number of carbonyl (C=O) groups excluding carboxylic acids is 2. The molecule has 0 bridgehead atoms. The number of primary amides is 1. The molecule has 134 valence electrons. The van der Waals surface area contributed by atoms with Gasteiger partial charge in [-0.05, 0) is 31.9 Å². The van der Waals surface area contributed by atoms with E-state index < -0.39 is 16.7 Å². The van der Waals surface area contributed by atoms with E-state index in [9.17, 15) is 19.7 Å². The van der Waals surface area contributed by atoms with Gasteiger partial charge in [-0.3, -0.25) is 19.7 Å². The Morgan fingerprint density at radius 2 is 1.96 bits per heavy atom. The van der Waals surface area contributed by atoms with Crippen LogP contribution < -0.4 is 11.2 Å². The number of furan rings is 1. The number of amides is 2. The summed E-state index contributed by atoms with van der Waals surface area (Å²) in [5.41, 5.74) is 9.82. The van der Waals surface area contributed by atoms with Crippen LogP contribution in [0.1, 0.15) is 50.6 Å². The van der Waals surface area contributed by atoms with Crippen LogP contribution in [-0.2, 0) is 6.42 Å². The Hall–Kier alpha value is -3.49. The monoisotopic (exact) mass is 356 g/mol. The molecular weight excluding hydrogens is 340 g/mol. The van der Waals surface area contributed by atoms with Crippen molar-refractivity contribution >= 4 is 23.2 Å². The highest BCUT2D eigenvalue weighted by atomic mass is 16.6. The van der Waals surface area contributed by atoms with Crippen LogP contribution >= 0.6 is 0 Å². The maximum absolute atomic E-state index is 12.2. The molecule has 3 rings (SSSR count). The van der Waals surface area contributed by atoms with E-state index >= 15 is 0 Å². The normalized spacial score (nSPS) is 14.7. The zero-order valence-corrected chi connectivity index (χ0v) is 13.9. The maximum Gasteiger partial charge on any atom is 0.284 e. The summed E-state index contributed by atoms with van der Waals surface area (Å²) in [5, 5.41) is 14.8. The molecule has 2 aromatic rings. The van der Waals surface area contributed by atoms with Gasteiger partial charge in [-0.15, -0.1) is 0 Å². The van der Waals surface area contributed by atoms with Crippen molar-refractivity contribution in [2.24, 2.45) is 10.8 Å². The second-order valence-electron chi connectivity index (χ2n) is 5.88. The number of nitro groups is 1. The molecule has 0 spiro atoms. The lowest BCUT2D eigenvalue weighted by Gasteiger charge is -2.13. The molecule has 3 N–H and O–H groups in total. The number of aryl methyl sites for hydroxylation is 1. The number of nitrogens with one attached hydrogen (secondary N) is 1. The molecule has 1 aromatic heterocycles. The highest BCUT2D eigenvalue weighted by Crippen LogP contribution is 2.29. The van der Waals surface area contributed by atoms with Gasteiger partial charge >= 0.3 is 0 Å². The molecule has 9 heteroatoms. The fourth-order valence-electron chi connectivity index (χ4n) is 2.93. The summed E-state index contributed by atoms with van der Waals surface area (Å²) in [4.78, 5) is 33.8. The number of fused-ring (bicyclic) bond motifs is 1. The van der Waals surface area contributed by atoms with Crippen LogP contribution in [0.15, 0.2) is 33.8 Å². The van der Waals surface area contributed by atoms with Crippen molar-refractivity contribution in [2.45, 2.75) is 26.2 Å². The predicted octanol–water partition coefficient (Wildman–Crippen LogP) is 2.07. The molecular formula is C17H16N4O5. The summed E-state index contributed by atoms with van der Waals surface area (Å²) in [6, 6.07) is 5.21. The number of non-ortho nitro benzene ring substituents is 1. The summed E-state index contributed by atoms with van der Waals surface area (Å²) < 4.78 is 5.52. The van der Waals surface area contributed by atoms with E-state index in [2.05, 4.69) is 10.5 Å². The largest absolute Gasteiger partial charge is 0.455 e. The van der Waals surface area contributed by atoms with E-state index in [0.29, 0.717) is 35.4 Å². The number of hydrazone groups is 1. The third-order valence-corrected chi connectivity index (χ3v) is 4.18. The van der Waals surface area contributed by atoms with Crippen molar-refractivity contribution < 1.29 is 18.9 Å². The quantitative estimate of drug-likeness (QED) is 0.637. The lowest BCUT2D eigenvalue weighted by atomic mass is 9.93. The van der Waals surface area contributed by atoms with E-state index in [1.54, 1.807) is 6.92 Å². The van der Waals surface area contributed by atoms with E-state index in [1.165, 1.54) is 24.3 Å². The highest BCUT2D eigenvalue weighted by molar-refractivity contribution is 6.07. The zero-order chi connectivity index (χ0) is 18.8. The minimum atomic E-state index is -0.647. The fourth-order valence-corrected chi connectivity index (χ4v) is 2.93. The molecule has 0 aliphatic heterocycles. The zero-order valence-electron chi connectivity index (χ0n) is 13.9. The van der Waals surface area contributed by atoms with E-state index in [0.717, 1.165) is 6.42 Å². The lowest BCUT2D eigenvalue weighted by molar-refractivity contribution is -0.384. The Labute approximate surface area is 148 Å². The first kappa shape index (κ1) is 17.3. The molecule has 1 heterocycles. The van der Waals surface area contributed by atoms with Crippen molar-refractivity contribution in [1.29, 1.82) is 0 Å². The minimum absolute atomic E-state index is 0.0993. The third kappa shape index (κ3) is 3.18. The van der Waals surface area contributed by atoms with E-state index in [4.69, 9.17) is 10.2 Å². The molecule has 1 aliphatic rings. The van der Waals surface area contributed by atoms with Crippen molar-refractivity contribution in [3.05, 3.63) is 62.6 Å². The summed E-state index contributed by atoms with van der Waals surface area (Å²) in [6.45, 7) is 1.72. The highest BCUT2D eigenvalue weighted by Gasteiger charge is 2.27. The van der Waals surface area contributed by atoms with Crippen LogP contribution in [0.4, 0.5) is 5.69 Å². The first-order valence-electron chi connectivity index (χ1n) is 7.92. The number of hydrogen-bond acceptors (Lipinski definition) is 6. The number of benzene rings is 1. The van der Waals surface area contributed by atoms with Gasteiger partial charge in [0.1, 0.15) is 5.76 Å². The van der Waals surface area contributed by atoms with Gasteiger partial charge in [0.05, 0.1) is 10.6 Å². The Morgan fingerprint density at radius 1 is 1.27 bits per heavy atom. The van der Waals surface area contributed by atoms with Crippen LogP contribution in [0.2, 0.25) is 0 Å². The maximum atomic E-state index is 12.2. The molecule has 1 aromatic carbocycles. The third-order valence-electron chi connectivity index (χ3n) is 4.18. The molecule has 2 amide bonds. The molecule has 1 aliphatic carbocycles. The van der Waals surface area contributed by atoms with Gasteiger partial charge in [-0.1, -0.05) is 0 Å². The topological polar surface area (TPSA) is 141 Å². The Morgan fingerprint density at radius 3 is 2.58 bits per heavy atom. The standard InChI is InChI=1S/C17H16N4O5/c1-9-14-12(3-2-4-13(14)26-15(9)16(18)22)19-20-17(23)10-5-7-11(8-6-10)21(24)25/h5-8H,2-4H2,1H3,(H2,18,22)(H,20,23)/b19-12+. The molecule has 0 atom stereocenters. The van der Waals surface area contributed by atoms with Gasteiger partial charge in [0, 0.05) is 35.2 Å². The smallest absolute Gasteiger partial charge is 0.284 e. The van der Waals surface area contributed by atoms with Gasteiger partial charge in [0.15, 0.2) is 5.76 Å². The summed E-state index contributed by atoms with van der Waals surface area (Å²) in [7, 11) is 0. The second kappa shape index (κ2) is 6.79. The lowest BCUT2D eigenvalue weighted by Crippen LogP contribution is -2.22. The SMILES string of the molecule is Cc1c(C(N)=O)oc2c1/C(=N/NC(=O)c1ccc([N+](=O)[O-])cc1)CCC2. The van der Waals surface area contributed by atoms with Gasteiger partial charge in [-0.25, -0.2) is 5.43 Å². The number of nitrogens with zero attached hydrogens (tertiary/aromatic N) is 2. The van der Waals surface area contributed by atoms with Crippen LogP contribution in [0.3, 0.4) is 0 Å². The van der Waals surface area contributed by atoms with Crippen LogP contribution in [0.25, 0.3) is 0 Å². The van der Waals surface area contributed by atoms with Gasteiger partial charge < -0.3 is 10.2 Å². The minimum Gasteiger partial charge on any atom is -0.455 e. The van der Waals surface area contributed by atoms with Crippen LogP contribution in [0, 0.1) is 17.0 Å². The van der Waals surface area contributed by atoms with E-state index in [1.807, 2.05) is 0 Å². The molecule has 0 radical (unpaired) electrons. The van der Waals surface area contributed by atoms with Crippen molar-refractivity contribution in [1.82, 2.24) is 5.43 Å². The predicted molar refractivity (Wildman–Crippen MR) is 92.0 cm³/mol. The van der Waals surface area contributed by atoms with Crippen LogP contribution in [-0.4, -0.2) is 22.4 Å². The number of hydrogen-bond donors (Lipinski definition) is 2. The number of nitro benzene ring substituents is 1. The van der Waals surface area contributed by atoms with E-state index in [-0.39, 0.29) is 17.0 Å². The Kier molecular flexibility index (Phi) is 4.53. The molecule has 0 unspecified atom stereocenters. The first-order chi connectivity index (χ1) is 12.4. The average molecular weight is 356 g/mol. The van der Waals surface area contributed by atoms with Crippen molar-refractivity contribution in [3.8, 4) is 0 Å². The summed E-state index contributed by atoms with van der Waals surface area (Å²) in [5.74, 6) is -0.404. The summed E-state index contributed by atoms with van der Waals surface area (Å²) in [6.07, 6.45) is 2.05. The molecule has 0 fully saturated rings. The first-order valence-corrected chi connectivity index (χ1v) is 7.92. The molecule has 26 heavy (non-hydrogen) atoms. The van der Waals surface area contributed by atoms with Gasteiger partial charge in [0.2, 0.25) is 0 Å². The molecule has 0 saturated carbocycles. The average Bonchev–Trinajstić information content (AvgIpc) is 2.97. The molecule has 9 nitrogen and oxygen atoms in total. The Bertz CT molecular complexity index is 927. The van der Waals surface area contributed by atoms with Crippen molar-refractivity contribution in [2.75, 3.05) is 0 Å².